The summed E-state index contributed by atoms with van der Waals surface area (Å²) in [6.07, 6.45) is 1.56. The summed E-state index contributed by atoms with van der Waals surface area (Å²) in [7, 11) is 1.55. The molecule has 102 valence electrons. The maximum absolute atomic E-state index is 9.88. The predicted octanol–water partition coefficient (Wildman–Crippen LogP) is 3.02. The van der Waals surface area contributed by atoms with E-state index in [4.69, 9.17) is 13.7 Å². The Kier molecular flexibility index (Phi) is 2.90. The number of furan rings is 1. The van der Waals surface area contributed by atoms with Gasteiger partial charge < -0.3 is 18.8 Å². The summed E-state index contributed by atoms with van der Waals surface area (Å²) in [5.41, 5.74) is 1.17. The third kappa shape index (κ3) is 2.01. The van der Waals surface area contributed by atoms with Crippen LogP contribution in [0.4, 0.5) is 0 Å². The number of hydrogen-bond acceptors (Lipinski definition) is 6. The molecule has 6 heteroatoms. The van der Waals surface area contributed by atoms with Gasteiger partial charge in [-0.3, -0.25) is 0 Å². The molecule has 0 saturated heterocycles. The standard InChI is InChI=1S/C14H12N2O4/c1-8-10(5-6-19-8)13-15-14(20-16-13)11-7-9(18-2)3-4-12(11)17/h3-7,17H,1-2H3. The second-order valence-corrected chi connectivity index (χ2v) is 4.20. The number of aromatic nitrogens is 2. The maximum atomic E-state index is 9.88. The lowest BCUT2D eigenvalue weighted by Gasteiger charge is -2.02. The second kappa shape index (κ2) is 4.73. The van der Waals surface area contributed by atoms with Crippen molar-refractivity contribution in [2.45, 2.75) is 6.92 Å². The molecule has 0 aliphatic carbocycles. The smallest absolute Gasteiger partial charge is 0.262 e. The molecule has 2 heterocycles. The average Bonchev–Trinajstić information content (AvgIpc) is 3.08. The monoisotopic (exact) mass is 272 g/mol. The third-order valence-corrected chi connectivity index (χ3v) is 2.96. The number of aromatic hydroxyl groups is 1. The van der Waals surface area contributed by atoms with Crippen molar-refractivity contribution in [2.75, 3.05) is 7.11 Å². The molecule has 0 atom stereocenters. The summed E-state index contributed by atoms with van der Waals surface area (Å²) in [5.74, 6) is 1.97. The van der Waals surface area contributed by atoms with E-state index in [-0.39, 0.29) is 11.6 Å². The molecule has 0 radical (unpaired) electrons. The van der Waals surface area contributed by atoms with Gasteiger partial charge in [-0.1, -0.05) is 5.16 Å². The Labute approximate surface area is 114 Å². The van der Waals surface area contributed by atoms with Crippen molar-refractivity contribution in [3.8, 4) is 34.3 Å². The minimum absolute atomic E-state index is 0.0462. The molecule has 3 aromatic rings. The first-order valence-electron chi connectivity index (χ1n) is 5.94. The molecule has 2 aromatic heterocycles. The van der Waals surface area contributed by atoms with Crippen molar-refractivity contribution in [2.24, 2.45) is 0 Å². The molecular weight excluding hydrogens is 260 g/mol. The molecule has 20 heavy (non-hydrogen) atoms. The van der Waals surface area contributed by atoms with Crippen molar-refractivity contribution in [1.82, 2.24) is 10.1 Å². The van der Waals surface area contributed by atoms with Crippen molar-refractivity contribution in [3.63, 3.8) is 0 Å². The van der Waals surface area contributed by atoms with E-state index in [1.807, 2.05) is 6.92 Å². The maximum Gasteiger partial charge on any atom is 0.262 e. The van der Waals surface area contributed by atoms with Crippen molar-refractivity contribution in [1.29, 1.82) is 0 Å². The summed E-state index contributed by atoms with van der Waals surface area (Å²) in [6.45, 7) is 1.81. The first-order valence-corrected chi connectivity index (χ1v) is 5.94. The molecule has 1 N–H and O–H groups in total. The van der Waals surface area contributed by atoms with E-state index < -0.39 is 0 Å². The molecule has 0 spiro atoms. The lowest BCUT2D eigenvalue weighted by molar-refractivity contribution is 0.408. The normalized spacial score (nSPS) is 10.7. The van der Waals surface area contributed by atoms with Gasteiger partial charge in [-0.15, -0.1) is 0 Å². The van der Waals surface area contributed by atoms with Crippen LogP contribution in [0, 0.1) is 6.92 Å². The van der Waals surface area contributed by atoms with Crippen LogP contribution in [-0.2, 0) is 0 Å². The number of benzene rings is 1. The molecule has 0 unspecified atom stereocenters. The minimum Gasteiger partial charge on any atom is -0.507 e. The van der Waals surface area contributed by atoms with Gasteiger partial charge in [-0.25, -0.2) is 0 Å². The van der Waals surface area contributed by atoms with Crippen LogP contribution in [0.3, 0.4) is 0 Å². The molecule has 0 saturated carbocycles. The zero-order valence-corrected chi connectivity index (χ0v) is 11.0. The van der Waals surface area contributed by atoms with Gasteiger partial charge in [0.05, 0.1) is 24.5 Å². The van der Waals surface area contributed by atoms with Gasteiger partial charge in [0.15, 0.2) is 0 Å². The Hall–Kier alpha value is -2.76. The Morgan fingerprint density at radius 1 is 1.20 bits per heavy atom. The van der Waals surface area contributed by atoms with E-state index in [0.717, 1.165) is 5.56 Å². The van der Waals surface area contributed by atoms with E-state index in [2.05, 4.69) is 10.1 Å². The van der Waals surface area contributed by atoms with Crippen LogP contribution in [0.5, 0.6) is 11.5 Å². The number of hydrogen-bond donors (Lipinski definition) is 1. The van der Waals surface area contributed by atoms with Crippen LogP contribution < -0.4 is 4.74 Å². The summed E-state index contributed by atoms with van der Waals surface area (Å²) in [5, 5.41) is 13.8. The summed E-state index contributed by atoms with van der Waals surface area (Å²) >= 11 is 0. The number of methoxy groups -OCH3 is 1. The summed E-state index contributed by atoms with van der Waals surface area (Å²) in [4.78, 5) is 4.27. The Bertz CT molecular complexity index is 745. The minimum atomic E-state index is 0.0462. The number of rotatable bonds is 3. The summed E-state index contributed by atoms with van der Waals surface area (Å²) in [6, 6.07) is 6.56. The van der Waals surface area contributed by atoms with Crippen LogP contribution >= 0.6 is 0 Å². The predicted molar refractivity (Wildman–Crippen MR) is 70.4 cm³/mol. The van der Waals surface area contributed by atoms with Gasteiger partial charge in [0.25, 0.3) is 5.89 Å². The number of nitrogens with zero attached hydrogens (tertiary/aromatic N) is 2. The molecule has 0 fully saturated rings. The van der Waals surface area contributed by atoms with E-state index in [1.54, 1.807) is 31.6 Å². The fourth-order valence-electron chi connectivity index (χ4n) is 1.87. The largest absolute Gasteiger partial charge is 0.507 e. The van der Waals surface area contributed by atoms with Gasteiger partial charge in [-0.05, 0) is 31.2 Å². The molecule has 3 rings (SSSR count). The van der Waals surface area contributed by atoms with Crippen LogP contribution in [-0.4, -0.2) is 22.4 Å². The zero-order chi connectivity index (χ0) is 14.1. The first kappa shape index (κ1) is 12.3. The van der Waals surface area contributed by atoms with E-state index in [1.165, 1.54) is 6.07 Å². The number of aryl methyl sites for hydroxylation is 1. The third-order valence-electron chi connectivity index (χ3n) is 2.96. The van der Waals surface area contributed by atoms with Crippen LogP contribution in [0.15, 0.2) is 39.5 Å². The lowest BCUT2D eigenvalue weighted by atomic mass is 10.2. The average molecular weight is 272 g/mol. The van der Waals surface area contributed by atoms with Gasteiger partial charge in [0.1, 0.15) is 17.3 Å². The van der Waals surface area contributed by atoms with Gasteiger partial charge in [-0.2, -0.15) is 4.98 Å². The number of ether oxygens (including phenoxy) is 1. The van der Waals surface area contributed by atoms with E-state index >= 15 is 0 Å². The van der Waals surface area contributed by atoms with E-state index in [9.17, 15) is 5.11 Å². The molecule has 0 bridgehead atoms. The number of phenols is 1. The Morgan fingerprint density at radius 3 is 2.75 bits per heavy atom. The lowest BCUT2D eigenvalue weighted by Crippen LogP contribution is -1.85. The van der Waals surface area contributed by atoms with Crippen molar-refractivity contribution < 1.29 is 18.8 Å². The van der Waals surface area contributed by atoms with Crippen molar-refractivity contribution >= 4 is 0 Å². The topological polar surface area (TPSA) is 81.5 Å². The fraction of sp³-hybridized carbons (Fsp3) is 0.143. The van der Waals surface area contributed by atoms with Gasteiger partial charge in [0, 0.05) is 0 Å². The van der Waals surface area contributed by atoms with E-state index in [0.29, 0.717) is 22.9 Å². The summed E-state index contributed by atoms with van der Waals surface area (Å²) < 4.78 is 15.5. The number of phenolic OH excluding ortho intramolecular Hbond substituents is 1. The zero-order valence-electron chi connectivity index (χ0n) is 11.0. The van der Waals surface area contributed by atoms with Gasteiger partial charge in [0.2, 0.25) is 5.82 Å². The Balaban J connectivity index is 2.04. The van der Waals surface area contributed by atoms with Crippen LogP contribution in [0.1, 0.15) is 5.76 Å². The first-order chi connectivity index (χ1) is 9.69. The Morgan fingerprint density at radius 2 is 2.05 bits per heavy atom. The molecule has 6 nitrogen and oxygen atoms in total. The fourth-order valence-corrected chi connectivity index (χ4v) is 1.87. The highest BCUT2D eigenvalue weighted by molar-refractivity contribution is 5.67. The van der Waals surface area contributed by atoms with Crippen molar-refractivity contribution in [3.05, 3.63) is 36.3 Å². The molecule has 1 aromatic carbocycles. The molecule has 0 aliphatic heterocycles. The van der Waals surface area contributed by atoms with Crippen LogP contribution in [0.25, 0.3) is 22.8 Å². The quantitative estimate of drug-likeness (QED) is 0.789. The van der Waals surface area contributed by atoms with Crippen LogP contribution in [0.2, 0.25) is 0 Å². The highest BCUT2D eigenvalue weighted by Crippen LogP contribution is 2.33. The SMILES string of the molecule is COc1ccc(O)c(-c2nc(-c3ccoc3C)no2)c1. The van der Waals surface area contributed by atoms with Gasteiger partial charge >= 0.3 is 0 Å². The second-order valence-electron chi connectivity index (χ2n) is 4.20. The highest BCUT2D eigenvalue weighted by atomic mass is 16.5. The highest BCUT2D eigenvalue weighted by Gasteiger charge is 2.17. The molecule has 0 amide bonds. The molecular formula is C14H12N2O4. The molecule has 0 aliphatic rings.